The minimum absolute atomic E-state index is 0.920. The largest absolute Gasteiger partial charge is 0.456 e. The molecule has 4 heteroatoms. The molecule has 3 heterocycles. The fourth-order valence-corrected chi connectivity index (χ4v) is 8.43. The van der Waals surface area contributed by atoms with Gasteiger partial charge < -0.3 is 13.6 Å². The summed E-state index contributed by atoms with van der Waals surface area (Å²) >= 11 is 0. The number of nitrogens with zero attached hydrogens (tertiary/aromatic N) is 2. The lowest BCUT2D eigenvalue weighted by molar-refractivity contribution is 0.669. The maximum atomic E-state index is 6.23. The van der Waals surface area contributed by atoms with Crippen LogP contribution in [0.1, 0.15) is 0 Å². The molecule has 0 saturated heterocycles. The van der Waals surface area contributed by atoms with Gasteiger partial charge in [0, 0.05) is 43.7 Å². The average Bonchev–Trinajstić information content (AvgIpc) is 3.85. The molecule has 0 fully saturated rings. The second-order valence-electron chi connectivity index (χ2n) is 13.8. The third-order valence-corrected chi connectivity index (χ3v) is 10.8. The predicted octanol–water partition coefficient (Wildman–Crippen LogP) is 11.4. The van der Waals surface area contributed by atoms with Gasteiger partial charge in [0.25, 0.3) is 0 Å². The molecule has 0 N–H and O–H groups in total. The minimum atomic E-state index is 0.920. The van der Waals surface area contributed by atoms with Crippen molar-refractivity contribution in [3.8, 4) is 33.6 Å². The Balaban J connectivity index is 1.12. The first-order valence-corrected chi connectivity index (χ1v) is 17.8. The molecule has 0 spiro atoms. The Morgan fingerprint density at radius 3 is 1.38 bits per heavy atom. The zero-order chi connectivity index (χ0) is 34.3. The SMILES string of the molecule is Bc1cccc2oc3ccc(-c4ccc5c(c4)c4cc(-c6ccc7c(c6)c6ccccc6n7-c6ccccc6)ccc4n5-c4ccccc4)cc3c12. The molecule has 3 aromatic heterocycles. The van der Waals surface area contributed by atoms with Crippen molar-refractivity contribution in [2.45, 2.75) is 0 Å². The standard InChI is InChI=1S/C48H31BN2O/c49-41-15-9-17-47-48(41)40-29-33(21-25-46(40)52-47)32-20-24-45-39(28-32)38-27-31(19-23-44(38)51(45)35-12-5-2-6-13-35)30-18-22-43-37(26-30)36-14-7-8-16-42(36)50(43)34-10-3-1-4-11-34/h1-29H,49H2. The van der Waals surface area contributed by atoms with Gasteiger partial charge in [-0.1, -0.05) is 96.5 Å². The van der Waals surface area contributed by atoms with Crippen LogP contribution in [0.3, 0.4) is 0 Å². The number of fused-ring (bicyclic) bond motifs is 9. The Bertz CT molecular complexity index is 3190. The quantitative estimate of drug-likeness (QED) is 0.172. The van der Waals surface area contributed by atoms with Gasteiger partial charge in [-0.05, 0) is 107 Å². The van der Waals surface area contributed by atoms with Crippen molar-refractivity contribution < 1.29 is 4.42 Å². The molecule has 0 radical (unpaired) electrons. The van der Waals surface area contributed by atoms with Gasteiger partial charge in [-0.15, -0.1) is 0 Å². The van der Waals surface area contributed by atoms with Crippen LogP contribution in [0.25, 0.3) is 99.2 Å². The summed E-state index contributed by atoms with van der Waals surface area (Å²) < 4.78 is 11.0. The predicted molar refractivity (Wildman–Crippen MR) is 221 cm³/mol. The van der Waals surface area contributed by atoms with E-state index in [0.29, 0.717) is 0 Å². The fraction of sp³-hybridized carbons (Fsp3) is 0. The summed E-state index contributed by atoms with van der Waals surface area (Å²) in [5.41, 5.74) is 15.0. The highest BCUT2D eigenvalue weighted by molar-refractivity contribution is 6.41. The summed E-state index contributed by atoms with van der Waals surface area (Å²) in [4.78, 5) is 0. The molecule has 3 nitrogen and oxygen atoms in total. The molecule has 242 valence electrons. The van der Waals surface area contributed by atoms with E-state index in [1.807, 2.05) is 0 Å². The number of hydrogen-bond acceptors (Lipinski definition) is 1. The Morgan fingerprint density at radius 2 is 0.808 bits per heavy atom. The highest BCUT2D eigenvalue weighted by Gasteiger charge is 2.17. The zero-order valence-corrected chi connectivity index (χ0v) is 28.5. The number of rotatable bonds is 4. The summed E-state index contributed by atoms with van der Waals surface area (Å²) in [6, 6.07) is 63.7. The van der Waals surface area contributed by atoms with E-state index >= 15 is 0 Å². The lowest BCUT2D eigenvalue weighted by Gasteiger charge is -2.09. The van der Waals surface area contributed by atoms with E-state index in [2.05, 4.69) is 193 Å². The van der Waals surface area contributed by atoms with E-state index in [0.717, 1.165) is 22.2 Å². The van der Waals surface area contributed by atoms with Crippen LogP contribution in [-0.4, -0.2) is 17.0 Å². The third-order valence-electron chi connectivity index (χ3n) is 10.8. The molecule has 8 aromatic carbocycles. The fourth-order valence-electron chi connectivity index (χ4n) is 8.43. The van der Waals surface area contributed by atoms with Gasteiger partial charge in [0.2, 0.25) is 0 Å². The van der Waals surface area contributed by atoms with E-state index < -0.39 is 0 Å². The zero-order valence-electron chi connectivity index (χ0n) is 28.5. The molecule has 0 amide bonds. The summed E-state index contributed by atoms with van der Waals surface area (Å²) in [5.74, 6) is 0. The van der Waals surface area contributed by atoms with E-state index in [1.54, 1.807) is 0 Å². The van der Waals surface area contributed by atoms with Gasteiger partial charge in [0.1, 0.15) is 19.0 Å². The number of para-hydroxylation sites is 3. The second kappa shape index (κ2) is 11.1. The average molecular weight is 663 g/mol. The number of aromatic nitrogens is 2. The van der Waals surface area contributed by atoms with Crippen molar-refractivity contribution in [2.24, 2.45) is 0 Å². The van der Waals surface area contributed by atoms with Crippen molar-refractivity contribution in [1.29, 1.82) is 0 Å². The van der Waals surface area contributed by atoms with Crippen molar-refractivity contribution in [2.75, 3.05) is 0 Å². The van der Waals surface area contributed by atoms with Crippen LogP contribution in [0.5, 0.6) is 0 Å². The maximum absolute atomic E-state index is 6.23. The summed E-state index contributed by atoms with van der Waals surface area (Å²) in [7, 11) is 2.16. The van der Waals surface area contributed by atoms with Crippen molar-refractivity contribution in [1.82, 2.24) is 9.13 Å². The van der Waals surface area contributed by atoms with Crippen LogP contribution < -0.4 is 5.46 Å². The first-order chi connectivity index (χ1) is 25.7. The molecule has 11 aromatic rings. The normalized spacial score (nSPS) is 11.9. The monoisotopic (exact) mass is 662 g/mol. The Labute approximate surface area is 301 Å². The Kier molecular flexibility index (Phi) is 6.20. The van der Waals surface area contributed by atoms with Gasteiger partial charge in [0.05, 0.1) is 22.1 Å². The topological polar surface area (TPSA) is 23.0 Å². The molecule has 0 bridgehead atoms. The summed E-state index contributed by atoms with van der Waals surface area (Å²) in [6.07, 6.45) is 0. The molecule has 0 saturated carbocycles. The van der Waals surface area contributed by atoms with Crippen LogP contribution in [0.2, 0.25) is 0 Å². The highest BCUT2D eigenvalue weighted by atomic mass is 16.3. The molecule has 11 rings (SSSR count). The minimum Gasteiger partial charge on any atom is -0.456 e. The molecule has 0 aliphatic rings. The highest BCUT2D eigenvalue weighted by Crippen LogP contribution is 2.40. The Morgan fingerprint density at radius 1 is 0.346 bits per heavy atom. The lowest BCUT2D eigenvalue weighted by atomic mass is 9.90. The van der Waals surface area contributed by atoms with Gasteiger partial charge in [-0.3, -0.25) is 0 Å². The molecule has 0 unspecified atom stereocenters. The smallest absolute Gasteiger partial charge is 0.140 e. The maximum Gasteiger partial charge on any atom is 0.140 e. The van der Waals surface area contributed by atoms with Gasteiger partial charge in [0.15, 0.2) is 0 Å². The van der Waals surface area contributed by atoms with Crippen LogP contribution in [-0.2, 0) is 0 Å². The molecule has 0 aliphatic carbocycles. The molecular weight excluding hydrogens is 631 g/mol. The van der Waals surface area contributed by atoms with Gasteiger partial charge in [-0.2, -0.15) is 0 Å². The molecule has 52 heavy (non-hydrogen) atoms. The van der Waals surface area contributed by atoms with Crippen LogP contribution in [0, 0.1) is 0 Å². The molecular formula is C48H31BN2O. The third kappa shape index (κ3) is 4.28. The Hall–Kier alpha value is -6.78. The lowest BCUT2D eigenvalue weighted by Crippen LogP contribution is -2.01. The van der Waals surface area contributed by atoms with E-state index in [1.165, 1.54) is 82.4 Å². The van der Waals surface area contributed by atoms with Crippen molar-refractivity contribution >= 4 is 78.9 Å². The van der Waals surface area contributed by atoms with Crippen LogP contribution in [0.4, 0.5) is 0 Å². The summed E-state index contributed by atoms with van der Waals surface area (Å²) in [6.45, 7) is 0. The molecule has 0 aliphatic heterocycles. The van der Waals surface area contributed by atoms with Crippen molar-refractivity contribution in [3.63, 3.8) is 0 Å². The van der Waals surface area contributed by atoms with Crippen LogP contribution >= 0.6 is 0 Å². The van der Waals surface area contributed by atoms with Crippen molar-refractivity contribution in [3.05, 3.63) is 176 Å². The number of furan rings is 1. The van der Waals surface area contributed by atoms with Gasteiger partial charge >= 0.3 is 0 Å². The first-order valence-electron chi connectivity index (χ1n) is 17.8. The van der Waals surface area contributed by atoms with E-state index in [9.17, 15) is 0 Å². The number of hydrogen-bond donors (Lipinski definition) is 0. The van der Waals surface area contributed by atoms with Gasteiger partial charge in [-0.25, -0.2) is 0 Å². The first kappa shape index (κ1) is 29.0. The second-order valence-corrected chi connectivity index (χ2v) is 13.8. The van der Waals surface area contributed by atoms with E-state index in [-0.39, 0.29) is 0 Å². The summed E-state index contributed by atoms with van der Waals surface area (Å²) in [5, 5.41) is 7.32. The van der Waals surface area contributed by atoms with E-state index in [4.69, 9.17) is 4.42 Å². The molecule has 0 atom stereocenters. The van der Waals surface area contributed by atoms with Crippen LogP contribution in [0.15, 0.2) is 180 Å². The number of benzene rings is 8.